The molecule has 28 heavy (non-hydrogen) atoms. The lowest BCUT2D eigenvalue weighted by Gasteiger charge is -2.40. The van der Waals surface area contributed by atoms with Crippen molar-refractivity contribution in [3.8, 4) is 0 Å². The summed E-state index contributed by atoms with van der Waals surface area (Å²) in [6.45, 7) is 9.66. The number of rotatable bonds is 1. The number of hydrogen-bond donors (Lipinski definition) is 1. The Morgan fingerprint density at radius 3 is 2.64 bits per heavy atom. The molecule has 1 fully saturated rings. The number of piperazine rings is 1. The second kappa shape index (κ2) is 6.81. The number of likely N-dealkylation sites (N-methyl/N-ethyl adjacent to an activating group) is 1. The minimum absolute atomic E-state index is 0.0964. The number of fused-ring (bicyclic) bond motifs is 3. The van der Waals surface area contributed by atoms with Crippen LogP contribution in [0.25, 0.3) is 11.0 Å². The van der Waals surface area contributed by atoms with Crippen molar-refractivity contribution in [2.45, 2.75) is 39.8 Å². The average molecular weight is 385 g/mol. The van der Waals surface area contributed by atoms with Crippen molar-refractivity contribution < 1.29 is 14.3 Å². The van der Waals surface area contributed by atoms with Crippen LogP contribution in [0.3, 0.4) is 0 Å². The maximum Gasteiger partial charge on any atom is 0.407 e. The maximum atomic E-state index is 12.7. The van der Waals surface area contributed by atoms with Gasteiger partial charge in [0.05, 0.1) is 12.1 Å². The first kappa shape index (κ1) is 18.8. The Morgan fingerprint density at radius 2 is 1.96 bits per heavy atom. The van der Waals surface area contributed by atoms with Gasteiger partial charge in [0.2, 0.25) is 0 Å². The molecule has 0 spiro atoms. The van der Waals surface area contributed by atoms with Gasteiger partial charge in [-0.3, -0.25) is 0 Å². The lowest BCUT2D eigenvalue weighted by Crippen LogP contribution is -2.50. The third kappa shape index (κ3) is 2.94. The molecule has 1 amide bonds. The zero-order valence-electron chi connectivity index (χ0n) is 16.9. The smallest absolute Gasteiger partial charge is 0.407 e. The molecule has 1 atom stereocenters. The lowest BCUT2D eigenvalue weighted by molar-refractivity contribution is 0.139. The number of anilines is 1. The minimum Gasteiger partial charge on any atom is -0.465 e. The summed E-state index contributed by atoms with van der Waals surface area (Å²) >= 11 is 0. The van der Waals surface area contributed by atoms with Gasteiger partial charge in [0.15, 0.2) is 0 Å². The second-order valence-electron chi connectivity index (χ2n) is 8.12. The minimum atomic E-state index is -1.00. The highest BCUT2D eigenvalue weighted by Gasteiger charge is 2.28. The van der Waals surface area contributed by atoms with Gasteiger partial charge >= 0.3 is 11.7 Å². The largest absolute Gasteiger partial charge is 0.465 e. The third-order valence-electron chi connectivity index (χ3n) is 6.36. The van der Waals surface area contributed by atoms with E-state index in [9.17, 15) is 14.7 Å². The van der Waals surface area contributed by atoms with E-state index in [1.54, 1.807) is 0 Å². The van der Waals surface area contributed by atoms with Crippen LogP contribution in [0.5, 0.6) is 0 Å². The number of aryl methyl sites for hydroxylation is 2. The third-order valence-corrected chi connectivity index (χ3v) is 6.36. The molecular formula is C21H27N3O4. The van der Waals surface area contributed by atoms with E-state index in [-0.39, 0.29) is 6.54 Å². The second-order valence-corrected chi connectivity index (χ2v) is 8.12. The summed E-state index contributed by atoms with van der Waals surface area (Å²) < 4.78 is 5.77. The van der Waals surface area contributed by atoms with Crippen LogP contribution in [0.1, 0.15) is 29.2 Å². The predicted octanol–water partition coefficient (Wildman–Crippen LogP) is 2.59. The normalized spacial score (nSPS) is 20.5. The van der Waals surface area contributed by atoms with E-state index < -0.39 is 11.7 Å². The highest BCUT2D eigenvalue weighted by atomic mass is 16.4. The number of hydrogen-bond acceptors (Lipinski definition) is 5. The zero-order chi connectivity index (χ0) is 20.2. The van der Waals surface area contributed by atoms with Gasteiger partial charge in [0, 0.05) is 48.9 Å². The molecule has 1 saturated heterocycles. The van der Waals surface area contributed by atoms with Crippen LogP contribution in [0.4, 0.5) is 10.5 Å². The molecule has 1 N–H and O–H groups in total. The molecular weight excluding hydrogens is 358 g/mol. The van der Waals surface area contributed by atoms with Crippen molar-refractivity contribution in [1.82, 2.24) is 9.80 Å². The van der Waals surface area contributed by atoms with E-state index in [4.69, 9.17) is 4.42 Å². The number of carboxylic acid groups (broad SMARTS) is 1. The molecule has 2 aliphatic rings. The Labute approximate surface area is 164 Å². The van der Waals surface area contributed by atoms with Gasteiger partial charge in [0.25, 0.3) is 0 Å². The Hall–Kier alpha value is -2.54. The predicted molar refractivity (Wildman–Crippen MR) is 108 cm³/mol. The molecule has 1 aromatic carbocycles. The summed E-state index contributed by atoms with van der Waals surface area (Å²) in [7, 11) is 2.15. The molecule has 2 aromatic rings. The molecule has 7 heteroatoms. The summed E-state index contributed by atoms with van der Waals surface area (Å²) in [5.74, 6) is 0. The molecule has 0 radical (unpaired) electrons. The first-order valence-electron chi connectivity index (χ1n) is 9.79. The van der Waals surface area contributed by atoms with Crippen LogP contribution >= 0.6 is 0 Å². The van der Waals surface area contributed by atoms with E-state index >= 15 is 0 Å². The molecule has 0 bridgehead atoms. The monoisotopic (exact) mass is 385 g/mol. The SMILES string of the molecule is Cc1c(N2CCN(C)[C@@H](C)C2)cc(C)c2c3c(c(=O)oc12)CN(C(=O)O)CC3. The average Bonchev–Trinajstić information content (AvgIpc) is 2.66. The van der Waals surface area contributed by atoms with E-state index in [0.29, 0.717) is 30.2 Å². The first-order chi connectivity index (χ1) is 13.3. The molecule has 150 valence electrons. The van der Waals surface area contributed by atoms with Crippen LogP contribution in [-0.2, 0) is 13.0 Å². The van der Waals surface area contributed by atoms with Gasteiger partial charge in [-0.15, -0.1) is 0 Å². The quantitative estimate of drug-likeness (QED) is 0.761. The van der Waals surface area contributed by atoms with Gasteiger partial charge in [-0.05, 0) is 51.4 Å². The maximum absolute atomic E-state index is 12.7. The van der Waals surface area contributed by atoms with Crippen LogP contribution in [0, 0.1) is 13.8 Å². The fraction of sp³-hybridized carbons (Fsp3) is 0.524. The van der Waals surface area contributed by atoms with Crippen molar-refractivity contribution in [2.24, 2.45) is 0 Å². The molecule has 4 rings (SSSR count). The van der Waals surface area contributed by atoms with Gasteiger partial charge in [-0.25, -0.2) is 9.59 Å². The highest BCUT2D eigenvalue weighted by Crippen LogP contribution is 2.35. The summed E-state index contributed by atoms with van der Waals surface area (Å²) in [5.41, 5.74) is 4.83. The zero-order valence-corrected chi connectivity index (χ0v) is 16.9. The van der Waals surface area contributed by atoms with Crippen molar-refractivity contribution in [1.29, 1.82) is 0 Å². The van der Waals surface area contributed by atoms with Gasteiger partial charge < -0.3 is 24.2 Å². The summed E-state index contributed by atoms with van der Waals surface area (Å²) in [6.07, 6.45) is -0.466. The Bertz CT molecular complexity index is 1010. The number of nitrogens with zero attached hydrogens (tertiary/aromatic N) is 3. The van der Waals surface area contributed by atoms with E-state index in [2.05, 4.69) is 36.8 Å². The number of benzene rings is 1. The van der Waals surface area contributed by atoms with Crippen molar-refractivity contribution in [3.63, 3.8) is 0 Å². The topological polar surface area (TPSA) is 77.2 Å². The highest BCUT2D eigenvalue weighted by molar-refractivity contribution is 5.91. The Kier molecular flexibility index (Phi) is 4.57. The lowest BCUT2D eigenvalue weighted by atomic mass is 9.92. The molecule has 7 nitrogen and oxygen atoms in total. The van der Waals surface area contributed by atoms with Crippen LogP contribution in [0.2, 0.25) is 0 Å². The van der Waals surface area contributed by atoms with E-state index in [0.717, 1.165) is 47.4 Å². The van der Waals surface area contributed by atoms with Crippen molar-refractivity contribution in [3.05, 3.63) is 38.7 Å². The van der Waals surface area contributed by atoms with E-state index in [1.165, 1.54) is 4.90 Å². The van der Waals surface area contributed by atoms with Crippen molar-refractivity contribution in [2.75, 3.05) is 38.1 Å². The Morgan fingerprint density at radius 1 is 1.21 bits per heavy atom. The molecule has 0 saturated carbocycles. The summed E-state index contributed by atoms with van der Waals surface area (Å²) in [5, 5.41) is 10.2. The van der Waals surface area contributed by atoms with Crippen LogP contribution < -0.4 is 10.5 Å². The van der Waals surface area contributed by atoms with Crippen molar-refractivity contribution >= 4 is 22.7 Å². The van der Waals surface area contributed by atoms with Crippen LogP contribution in [-0.4, -0.2) is 60.3 Å². The molecule has 2 aliphatic heterocycles. The molecule has 3 heterocycles. The molecule has 1 aromatic heterocycles. The van der Waals surface area contributed by atoms with Gasteiger partial charge in [-0.1, -0.05) is 0 Å². The molecule has 0 unspecified atom stereocenters. The number of carbonyl (C=O) groups is 1. The molecule has 0 aliphatic carbocycles. The van der Waals surface area contributed by atoms with E-state index in [1.807, 2.05) is 6.92 Å². The van der Waals surface area contributed by atoms with Gasteiger partial charge in [-0.2, -0.15) is 0 Å². The van der Waals surface area contributed by atoms with Crippen LogP contribution in [0.15, 0.2) is 15.3 Å². The summed E-state index contributed by atoms with van der Waals surface area (Å²) in [6, 6.07) is 2.65. The number of amides is 1. The standard InChI is InChI=1S/C21H27N3O4/c1-12-9-17(23-8-7-22(4)13(2)10-23)14(3)19-18(12)15-5-6-24(21(26)27)11-16(15)20(25)28-19/h9,13H,5-8,10-11H2,1-4H3,(H,26,27)/t13-/m0/s1. The van der Waals surface area contributed by atoms with Gasteiger partial charge in [0.1, 0.15) is 5.58 Å². The fourth-order valence-electron chi connectivity index (χ4n) is 4.51. The fourth-order valence-corrected chi connectivity index (χ4v) is 4.51. The first-order valence-corrected chi connectivity index (χ1v) is 9.79. The summed E-state index contributed by atoms with van der Waals surface area (Å²) in [4.78, 5) is 30.0. The Balaban J connectivity index is 1.84.